The Labute approximate surface area is 107 Å². The zero-order valence-electron chi connectivity index (χ0n) is 8.61. The van der Waals surface area contributed by atoms with E-state index in [0.717, 1.165) is 16.6 Å². The third kappa shape index (κ3) is 3.07. The summed E-state index contributed by atoms with van der Waals surface area (Å²) in [7, 11) is 0. The Morgan fingerprint density at radius 3 is 2.88 bits per heavy atom. The van der Waals surface area contributed by atoms with Gasteiger partial charge in [0.05, 0.1) is 0 Å². The molecule has 2 N–H and O–H groups in total. The summed E-state index contributed by atoms with van der Waals surface area (Å²) in [6.45, 7) is 1.51. The third-order valence-corrected chi connectivity index (χ3v) is 3.61. The predicted octanol–water partition coefficient (Wildman–Crippen LogP) is 3.51. The minimum atomic E-state index is 0.335. The molecule has 4 heteroatoms. The van der Waals surface area contributed by atoms with Crippen LogP contribution in [0.4, 0.5) is 0 Å². The Kier molecular flexibility index (Phi) is 3.98. The molecule has 0 unspecified atom stereocenters. The first kappa shape index (κ1) is 11.6. The van der Waals surface area contributed by atoms with Crippen LogP contribution in [0.5, 0.6) is 5.75 Å². The van der Waals surface area contributed by atoms with Crippen molar-refractivity contribution < 1.29 is 5.11 Å². The van der Waals surface area contributed by atoms with Crippen molar-refractivity contribution >= 4 is 27.3 Å². The van der Waals surface area contributed by atoms with Gasteiger partial charge in [0, 0.05) is 28.0 Å². The van der Waals surface area contributed by atoms with Crippen LogP contribution in [0.25, 0.3) is 0 Å². The minimum absolute atomic E-state index is 0.335. The average molecular weight is 298 g/mol. The van der Waals surface area contributed by atoms with Crippen LogP contribution in [0.3, 0.4) is 0 Å². The highest BCUT2D eigenvalue weighted by atomic mass is 79.9. The van der Waals surface area contributed by atoms with E-state index in [1.807, 2.05) is 18.2 Å². The van der Waals surface area contributed by atoms with Gasteiger partial charge in [0.1, 0.15) is 5.75 Å². The molecule has 0 fully saturated rings. The van der Waals surface area contributed by atoms with Gasteiger partial charge in [-0.15, -0.1) is 11.3 Å². The first-order chi connectivity index (χ1) is 7.75. The van der Waals surface area contributed by atoms with Crippen LogP contribution in [-0.2, 0) is 13.1 Å². The van der Waals surface area contributed by atoms with Crippen LogP contribution in [0, 0.1) is 0 Å². The van der Waals surface area contributed by atoms with E-state index in [2.05, 4.69) is 32.7 Å². The van der Waals surface area contributed by atoms with E-state index in [-0.39, 0.29) is 0 Å². The fraction of sp³-hybridized carbons (Fsp3) is 0.167. The fourth-order valence-electron chi connectivity index (χ4n) is 1.43. The molecule has 2 aromatic rings. The van der Waals surface area contributed by atoms with Crippen molar-refractivity contribution in [2.45, 2.75) is 13.1 Å². The number of phenolic OH excluding ortho intramolecular Hbond substituents is 1. The maximum Gasteiger partial charge on any atom is 0.120 e. The minimum Gasteiger partial charge on any atom is -0.508 e. The summed E-state index contributed by atoms with van der Waals surface area (Å²) in [5.74, 6) is 0.335. The molecule has 2 nitrogen and oxygen atoms in total. The molecule has 0 saturated carbocycles. The van der Waals surface area contributed by atoms with Gasteiger partial charge in [0.25, 0.3) is 0 Å². The molecule has 0 spiro atoms. The summed E-state index contributed by atoms with van der Waals surface area (Å²) in [5, 5.41) is 15.0. The molecule has 0 saturated heterocycles. The lowest BCUT2D eigenvalue weighted by atomic mass is 10.2. The Hall–Kier alpha value is -0.840. The van der Waals surface area contributed by atoms with Gasteiger partial charge >= 0.3 is 0 Å². The molecule has 0 amide bonds. The number of nitrogens with one attached hydrogen (secondary N) is 1. The molecule has 16 heavy (non-hydrogen) atoms. The van der Waals surface area contributed by atoms with Gasteiger partial charge in [-0.2, -0.15) is 0 Å². The molecule has 84 valence electrons. The molecule has 0 aliphatic heterocycles. The summed E-state index contributed by atoms with van der Waals surface area (Å²) >= 11 is 5.12. The molecule has 0 aliphatic carbocycles. The Balaban J connectivity index is 1.92. The lowest BCUT2D eigenvalue weighted by Crippen LogP contribution is -2.11. The molecule has 0 atom stereocenters. The lowest BCUT2D eigenvalue weighted by molar-refractivity contribution is 0.464. The summed E-state index contributed by atoms with van der Waals surface area (Å²) < 4.78 is 0.984. The van der Waals surface area contributed by atoms with Crippen molar-refractivity contribution in [3.05, 3.63) is 50.6 Å². The molecule has 0 radical (unpaired) electrons. The molecule has 0 bridgehead atoms. The van der Waals surface area contributed by atoms with Gasteiger partial charge in [0.2, 0.25) is 0 Å². The lowest BCUT2D eigenvalue weighted by Gasteiger charge is -2.06. The number of halogens is 1. The van der Waals surface area contributed by atoms with Crippen LogP contribution >= 0.6 is 27.3 Å². The molecular weight excluding hydrogens is 286 g/mol. The number of benzene rings is 1. The van der Waals surface area contributed by atoms with Gasteiger partial charge in [-0.3, -0.25) is 0 Å². The van der Waals surface area contributed by atoms with E-state index in [1.165, 1.54) is 4.88 Å². The van der Waals surface area contributed by atoms with Gasteiger partial charge in [-0.1, -0.05) is 22.0 Å². The zero-order chi connectivity index (χ0) is 11.4. The quantitative estimate of drug-likeness (QED) is 0.905. The van der Waals surface area contributed by atoms with E-state index in [9.17, 15) is 5.11 Å². The standard InChI is InChI=1S/C12H12BrNOS/c13-10-3-4-12(15)9(6-10)7-14-8-11-2-1-5-16-11/h1-6,14-15H,7-8H2. The second-order valence-electron chi connectivity index (χ2n) is 3.46. The van der Waals surface area contributed by atoms with Crippen LogP contribution < -0.4 is 5.32 Å². The zero-order valence-corrected chi connectivity index (χ0v) is 11.0. The highest BCUT2D eigenvalue weighted by molar-refractivity contribution is 9.10. The number of hydrogen-bond donors (Lipinski definition) is 2. The first-order valence-corrected chi connectivity index (χ1v) is 6.63. The highest BCUT2D eigenvalue weighted by Gasteiger charge is 2.01. The van der Waals surface area contributed by atoms with Crippen LogP contribution in [0.2, 0.25) is 0 Å². The normalized spacial score (nSPS) is 10.6. The summed E-state index contributed by atoms with van der Waals surface area (Å²) in [6.07, 6.45) is 0. The van der Waals surface area contributed by atoms with Crippen molar-refractivity contribution in [2.24, 2.45) is 0 Å². The van der Waals surface area contributed by atoms with E-state index < -0.39 is 0 Å². The SMILES string of the molecule is Oc1ccc(Br)cc1CNCc1cccs1. The fourth-order valence-corrected chi connectivity index (χ4v) is 2.51. The number of aromatic hydroxyl groups is 1. The van der Waals surface area contributed by atoms with E-state index in [0.29, 0.717) is 12.3 Å². The maximum absolute atomic E-state index is 9.63. The van der Waals surface area contributed by atoms with E-state index in [1.54, 1.807) is 17.4 Å². The van der Waals surface area contributed by atoms with Gasteiger partial charge in [-0.05, 0) is 29.6 Å². The van der Waals surface area contributed by atoms with E-state index >= 15 is 0 Å². The number of rotatable bonds is 4. The van der Waals surface area contributed by atoms with Crippen molar-refractivity contribution in [1.29, 1.82) is 0 Å². The van der Waals surface area contributed by atoms with Crippen molar-refractivity contribution in [1.82, 2.24) is 5.32 Å². The highest BCUT2D eigenvalue weighted by Crippen LogP contribution is 2.21. The molecule has 1 aromatic carbocycles. The number of thiophene rings is 1. The van der Waals surface area contributed by atoms with Gasteiger partial charge in [-0.25, -0.2) is 0 Å². The van der Waals surface area contributed by atoms with Crippen molar-refractivity contribution in [3.63, 3.8) is 0 Å². The number of phenols is 1. The van der Waals surface area contributed by atoms with Crippen LogP contribution in [0.1, 0.15) is 10.4 Å². The van der Waals surface area contributed by atoms with Gasteiger partial charge in [0.15, 0.2) is 0 Å². The molecule has 1 aromatic heterocycles. The Morgan fingerprint density at radius 1 is 1.25 bits per heavy atom. The summed E-state index contributed by atoms with van der Waals surface area (Å²) in [6, 6.07) is 9.60. The van der Waals surface area contributed by atoms with Gasteiger partial charge < -0.3 is 10.4 Å². The summed E-state index contributed by atoms with van der Waals surface area (Å²) in [5.41, 5.74) is 0.908. The Bertz CT molecular complexity index is 456. The van der Waals surface area contributed by atoms with Crippen molar-refractivity contribution in [2.75, 3.05) is 0 Å². The second-order valence-corrected chi connectivity index (χ2v) is 5.40. The predicted molar refractivity (Wildman–Crippen MR) is 70.7 cm³/mol. The smallest absolute Gasteiger partial charge is 0.120 e. The third-order valence-electron chi connectivity index (χ3n) is 2.24. The molecule has 2 rings (SSSR count). The molecule has 1 heterocycles. The largest absolute Gasteiger partial charge is 0.508 e. The maximum atomic E-state index is 9.63. The second kappa shape index (κ2) is 5.48. The van der Waals surface area contributed by atoms with Crippen molar-refractivity contribution in [3.8, 4) is 5.75 Å². The molecular formula is C12H12BrNOS. The summed E-state index contributed by atoms with van der Waals surface area (Å²) in [4.78, 5) is 1.30. The van der Waals surface area contributed by atoms with Crippen LogP contribution in [0.15, 0.2) is 40.2 Å². The van der Waals surface area contributed by atoms with Crippen LogP contribution in [-0.4, -0.2) is 5.11 Å². The Morgan fingerprint density at radius 2 is 2.12 bits per heavy atom. The molecule has 0 aliphatic rings. The van der Waals surface area contributed by atoms with E-state index in [4.69, 9.17) is 0 Å². The number of hydrogen-bond acceptors (Lipinski definition) is 3. The topological polar surface area (TPSA) is 32.3 Å². The monoisotopic (exact) mass is 297 g/mol. The average Bonchev–Trinajstić information content (AvgIpc) is 2.76. The first-order valence-electron chi connectivity index (χ1n) is 4.96.